The molecule has 0 fully saturated rings. The molecule has 0 saturated carbocycles. The highest BCUT2D eigenvalue weighted by Crippen LogP contribution is 2.28. The molecular weight excluding hydrogens is 389 g/mol. The fourth-order valence-corrected chi connectivity index (χ4v) is 2.74. The Labute approximate surface area is 163 Å². The molecule has 2 aromatic heterocycles. The standard InChI is InChI=1S/C19H17F3N4O3/c1-29-7-3-6-26-10-12-8-15(13(11-27)9-16(12)25-26)24-18(28)14-4-2-5-17(23-14)19(20,21)22/h2,4-5,8-11H,3,6-7H2,1H3,(H,24,28). The van der Waals surface area contributed by atoms with Crippen molar-refractivity contribution >= 4 is 28.8 Å². The van der Waals surface area contributed by atoms with Crippen LogP contribution < -0.4 is 5.32 Å². The molecule has 0 spiro atoms. The maximum atomic E-state index is 12.8. The largest absolute Gasteiger partial charge is 0.433 e. The number of aldehydes is 1. The zero-order valence-corrected chi connectivity index (χ0v) is 15.4. The third-order valence-corrected chi connectivity index (χ3v) is 4.11. The van der Waals surface area contributed by atoms with Crippen LogP contribution in [0.15, 0.2) is 36.5 Å². The number of methoxy groups -OCH3 is 1. The van der Waals surface area contributed by atoms with Gasteiger partial charge in [-0.05, 0) is 30.7 Å². The molecular formula is C19H17F3N4O3. The van der Waals surface area contributed by atoms with Crippen LogP contribution in [0.2, 0.25) is 0 Å². The number of benzene rings is 1. The van der Waals surface area contributed by atoms with E-state index in [1.54, 1.807) is 24.1 Å². The van der Waals surface area contributed by atoms with Crippen LogP contribution in [0.25, 0.3) is 10.9 Å². The third-order valence-electron chi connectivity index (χ3n) is 4.11. The molecule has 0 aliphatic carbocycles. The van der Waals surface area contributed by atoms with Gasteiger partial charge in [-0.15, -0.1) is 0 Å². The Hall–Kier alpha value is -3.27. The van der Waals surface area contributed by atoms with E-state index in [0.29, 0.717) is 30.3 Å². The number of alkyl halides is 3. The second-order valence-corrected chi connectivity index (χ2v) is 6.21. The first-order valence-electron chi connectivity index (χ1n) is 8.63. The van der Waals surface area contributed by atoms with E-state index in [4.69, 9.17) is 4.74 Å². The molecule has 0 unspecified atom stereocenters. The minimum atomic E-state index is -4.67. The van der Waals surface area contributed by atoms with Gasteiger partial charge < -0.3 is 10.1 Å². The average Bonchev–Trinajstić information content (AvgIpc) is 3.08. The van der Waals surface area contributed by atoms with Crippen molar-refractivity contribution in [2.75, 3.05) is 19.0 Å². The molecule has 0 aliphatic heterocycles. The van der Waals surface area contributed by atoms with Crippen molar-refractivity contribution in [1.29, 1.82) is 0 Å². The Kier molecular flexibility index (Phi) is 5.92. The molecule has 29 heavy (non-hydrogen) atoms. The molecule has 1 aromatic carbocycles. The van der Waals surface area contributed by atoms with Crippen LogP contribution in [-0.4, -0.2) is 40.7 Å². The Bertz CT molecular complexity index is 1050. The number of nitrogens with one attached hydrogen (secondary N) is 1. The summed E-state index contributed by atoms with van der Waals surface area (Å²) in [5.41, 5.74) is -0.714. The maximum absolute atomic E-state index is 12.8. The van der Waals surface area contributed by atoms with Crippen LogP contribution in [0.3, 0.4) is 0 Å². The van der Waals surface area contributed by atoms with Crippen LogP contribution in [0.5, 0.6) is 0 Å². The minimum Gasteiger partial charge on any atom is -0.385 e. The van der Waals surface area contributed by atoms with Crippen molar-refractivity contribution in [2.45, 2.75) is 19.1 Å². The molecule has 0 saturated heterocycles. The Balaban J connectivity index is 1.87. The highest BCUT2D eigenvalue weighted by molar-refractivity contribution is 6.07. The van der Waals surface area contributed by atoms with Crippen LogP contribution in [0.4, 0.5) is 18.9 Å². The van der Waals surface area contributed by atoms with Crippen molar-refractivity contribution in [3.05, 3.63) is 53.5 Å². The number of anilines is 1. The Morgan fingerprint density at radius 3 is 2.79 bits per heavy atom. The predicted molar refractivity (Wildman–Crippen MR) is 98.8 cm³/mol. The van der Waals surface area contributed by atoms with Crippen LogP contribution in [0.1, 0.15) is 33.0 Å². The van der Waals surface area contributed by atoms with E-state index >= 15 is 0 Å². The fraction of sp³-hybridized carbons (Fsp3) is 0.263. The van der Waals surface area contributed by atoms with Crippen molar-refractivity contribution in [3.8, 4) is 0 Å². The van der Waals surface area contributed by atoms with Crippen molar-refractivity contribution in [1.82, 2.24) is 14.8 Å². The first kappa shape index (κ1) is 20.5. The quantitative estimate of drug-likeness (QED) is 0.479. The van der Waals surface area contributed by atoms with Crippen LogP contribution >= 0.6 is 0 Å². The molecule has 3 aromatic rings. The highest BCUT2D eigenvalue weighted by atomic mass is 19.4. The van der Waals surface area contributed by atoms with Gasteiger partial charge in [-0.3, -0.25) is 14.3 Å². The van der Waals surface area contributed by atoms with Gasteiger partial charge in [0.1, 0.15) is 11.4 Å². The lowest BCUT2D eigenvalue weighted by molar-refractivity contribution is -0.141. The number of carbonyl (C=O) groups is 2. The molecule has 7 nitrogen and oxygen atoms in total. The summed E-state index contributed by atoms with van der Waals surface area (Å²) in [6.07, 6.45) is -1.63. The zero-order valence-electron chi connectivity index (χ0n) is 15.4. The number of pyridine rings is 1. The lowest BCUT2D eigenvalue weighted by Gasteiger charge is -2.09. The number of rotatable bonds is 7. The molecule has 0 bridgehead atoms. The average molecular weight is 406 g/mol. The highest BCUT2D eigenvalue weighted by Gasteiger charge is 2.33. The van der Waals surface area contributed by atoms with Crippen LogP contribution in [0, 0.1) is 0 Å². The monoisotopic (exact) mass is 406 g/mol. The van der Waals surface area contributed by atoms with E-state index in [1.807, 2.05) is 0 Å². The minimum absolute atomic E-state index is 0.153. The number of halogens is 3. The van der Waals surface area contributed by atoms with Gasteiger partial charge in [-0.1, -0.05) is 6.07 Å². The van der Waals surface area contributed by atoms with Gasteiger partial charge in [0.05, 0.1) is 11.2 Å². The van der Waals surface area contributed by atoms with Gasteiger partial charge in [-0.25, -0.2) is 4.98 Å². The van der Waals surface area contributed by atoms with E-state index in [9.17, 15) is 22.8 Å². The second-order valence-electron chi connectivity index (χ2n) is 6.21. The van der Waals surface area contributed by atoms with Crippen molar-refractivity contribution in [3.63, 3.8) is 0 Å². The number of carbonyl (C=O) groups excluding carboxylic acids is 2. The third kappa shape index (κ3) is 4.77. The summed E-state index contributed by atoms with van der Waals surface area (Å²) < 4.78 is 45.1. The van der Waals surface area contributed by atoms with Gasteiger partial charge in [0.2, 0.25) is 0 Å². The Morgan fingerprint density at radius 2 is 2.10 bits per heavy atom. The number of aromatic nitrogens is 3. The normalized spacial score (nSPS) is 11.6. The lowest BCUT2D eigenvalue weighted by atomic mass is 10.1. The molecule has 1 amide bonds. The summed E-state index contributed by atoms with van der Waals surface area (Å²) in [7, 11) is 1.60. The number of amides is 1. The number of aryl methyl sites for hydroxylation is 1. The summed E-state index contributed by atoms with van der Waals surface area (Å²) in [5.74, 6) is -0.856. The van der Waals surface area contributed by atoms with E-state index in [1.165, 1.54) is 6.07 Å². The summed E-state index contributed by atoms with van der Waals surface area (Å²) in [6.45, 7) is 1.18. The number of hydrogen-bond donors (Lipinski definition) is 1. The zero-order chi connectivity index (χ0) is 21.0. The van der Waals surface area contributed by atoms with Gasteiger partial charge >= 0.3 is 6.18 Å². The maximum Gasteiger partial charge on any atom is 0.433 e. The first-order valence-corrected chi connectivity index (χ1v) is 8.63. The summed E-state index contributed by atoms with van der Waals surface area (Å²) in [4.78, 5) is 27.2. The van der Waals surface area contributed by atoms with E-state index < -0.39 is 23.5 Å². The summed E-state index contributed by atoms with van der Waals surface area (Å²) in [5, 5.41) is 7.48. The number of ether oxygens (including phenoxy) is 1. The van der Waals surface area contributed by atoms with Crippen LogP contribution in [-0.2, 0) is 17.5 Å². The molecule has 0 aliphatic rings. The molecule has 10 heteroatoms. The van der Waals surface area contributed by atoms with Gasteiger partial charge in [0.15, 0.2) is 6.29 Å². The SMILES string of the molecule is COCCCn1cc2cc(NC(=O)c3cccc(C(F)(F)F)n3)c(C=O)cc2n1. The topological polar surface area (TPSA) is 86.1 Å². The van der Waals surface area contributed by atoms with Gasteiger partial charge in [0.25, 0.3) is 5.91 Å². The lowest BCUT2D eigenvalue weighted by Crippen LogP contribution is -2.17. The van der Waals surface area contributed by atoms with Crippen molar-refractivity contribution in [2.24, 2.45) is 0 Å². The second kappa shape index (κ2) is 8.39. The predicted octanol–water partition coefficient (Wildman–Crippen LogP) is 3.55. The van der Waals surface area contributed by atoms with Gasteiger partial charge in [0, 0.05) is 37.4 Å². The molecule has 3 rings (SSSR count). The summed E-state index contributed by atoms with van der Waals surface area (Å²) >= 11 is 0. The van der Waals surface area contributed by atoms with E-state index in [2.05, 4.69) is 15.4 Å². The number of nitrogens with zero attached hydrogens (tertiary/aromatic N) is 3. The molecule has 0 radical (unpaired) electrons. The summed E-state index contributed by atoms with van der Waals surface area (Å²) in [6, 6.07) is 6.09. The number of hydrogen-bond acceptors (Lipinski definition) is 5. The Morgan fingerprint density at radius 1 is 1.31 bits per heavy atom. The number of fused-ring (bicyclic) bond motifs is 1. The molecule has 2 heterocycles. The molecule has 1 N–H and O–H groups in total. The fourth-order valence-electron chi connectivity index (χ4n) is 2.74. The van der Waals surface area contributed by atoms with Gasteiger partial charge in [-0.2, -0.15) is 18.3 Å². The molecule has 0 atom stereocenters. The van der Waals surface area contributed by atoms with E-state index in [0.717, 1.165) is 24.6 Å². The smallest absolute Gasteiger partial charge is 0.385 e. The first-order chi connectivity index (χ1) is 13.8. The van der Waals surface area contributed by atoms with Crippen molar-refractivity contribution < 1.29 is 27.5 Å². The molecule has 152 valence electrons. The van der Waals surface area contributed by atoms with E-state index in [-0.39, 0.29) is 11.3 Å².